The maximum absolute atomic E-state index is 13.7. The predicted octanol–water partition coefficient (Wildman–Crippen LogP) is 2.78. The van der Waals surface area contributed by atoms with Gasteiger partial charge < -0.3 is 14.9 Å². The fraction of sp³-hybridized carbons (Fsp3) is 0.222. The first-order valence-electron chi connectivity index (χ1n) is 7.79. The van der Waals surface area contributed by atoms with Gasteiger partial charge in [-0.15, -0.1) is 0 Å². The number of carbonyl (C=O) groups is 2. The number of phenolic OH excluding ortho intramolecular Hbond substituents is 1. The zero-order valence-electron chi connectivity index (χ0n) is 13.3. The molecule has 1 heterocycles. The standard InChI is InChI=1S/C18H16ClFN2O3/c19-14-11-12(5-6-16(14)23)17(24)21-7-9-22(10-8-21)18(25)13-3-1-2-4-15(13)20/h1-6,11,23H,7-10H2. The van der Waals surface area contributed by atoms with Crippen molar-refractivity contribution in [2.24, 2.45) is 0 Å². The maximum atomic E-state index is 13.7. The lowest BCUT2D eigenvalue weighted by atomic mass is 10.1. The minimum Gasteiger partial charge on any atom is -0.506 e. The monoisotopic (exact) mass is 362 g/mol. The molecule has 0 radical (unpaired) electrons. The molecule has 3 rings (SSSR count). The van der Waals surface area contributed by atoms with Gasteiger partial charge in [-0.3, -0.25) is 9.59 Å². The van der Waals surface area contributed by atoms with Crippen molar-refractivity contribution in [2.45, 2.75) is 0 Å². The molecule has 1 fully saturated rings. The van der Waals surface area contributed by atoms with E-state index in [0.717, 1.165) is 0 Å². The number of hydrogen-bond acceptors (Lipinski definition) is 3. The number of hydrogen-bond donors (Lipinski definition) is 1. The van der Waals surface area contributed by atoms with Crippen molar-refractivity contribution < 1.29 is 19.1 Å². The van der Waals surface area contributed by atoms with Gasteiger partial charge in [-0.25, -0.2) is 4.39 Å². The first kappa shape index (κ1) is 17.2. The lowest BCUT2D eigenvalue weighted by molar-refractivity contribution is 0.0533. The van der Waals surface area contributed by atoms with Crippen LogP contribution in [0.3, 0.4) is 0 Å². The molecular formula is C18H16ClFN2O3. The van der Waals surface area contributed by atoms with Crippen LogP contribution in [0.2, 0.25) is 5.02 Å². The van der Waals surface area contributed by atoms with Crippen LogP contribution in [0.25, 0.3) is 0 Å². The number of phenols is 1. The summed E-state index contributed by atoms with van der Waals surface area (Å²) in [4.78, 5) is 28.0. The Labute approximate surface area is 149 Å². The van der Waals surface area contributed by atoms with Crippen LogP contribution in [-0.4, -0.2) is 52.9 Å². The number of piperazine rings is 1. The summed E-state index contributed by atoms with van der Waals surface area (Å²) in [5.41, 5.74) is 0.407. The van der Waals surface area contributed by atoms with E-state index in [1.165, 1.54) is 41.3 Å². The van der Waals surface area contributed by atoms with Crippen molar-refractivity contribution in [3.63, 3.8) is 0 Å². The molecule has 5 nitrogen and oxygen atoms in total. The molecule has 25 heavy (non-hydrogen) atoms. The molecule has 1 saturated heterocycles. The molecule has 0 saturated carbocycles. The largest absolute Gasteiger partial charge is 0.506 e. The van der Waals surface area contributed by atoms with Crippen LogP contribution in [0.1, 0.15) is 20.7 Å². The van der Waals surface area contributed by atoms with Crippen LogP contribution in [0.4, 0.5) is 4.39 Å². The van der Waals surface area contributed by atoms with Gasteiger partial charge in [-0.2, -0.15) is 0 Å². The Morgan fingerprint density at radius 1 is 0.960 bits per heavy atom. The van der Waals surface area contributed by atoms with Crippen molar-refractivity contribution in [3.8, 4) is 5.75 Å². The third-order valence-electron chi connectivity index (χ3n) is 4.15. The highest BCUT2D eigenvalue weighted by molar-refractivity contribution is 6.32. The number of carbonyl (C=O) groups excluding carboxylic acids is 2. The number of rotatable bonds is 2. The molecule has 2 aromatic carbocycles. The van der Waals surface area contributed by atoms with Crippen molar-refractivity contribution in [3.05, 3.63) is 64.4 Å². The Balaban J connectivity index is 1.65. The molecule has 0 unspecified atom stereocenters. The Morgan fingerprint density at radius 2 is 1.56 bits per heavy atom. The average Bonchev–Trinajstić information content (AvgIpc) is 2.63. The summed E-state index contributed by atoms with van der Waals surface area (Å²) in [6, 6.07) is 10.1. The molecule has 7 heteroatoms. The van der Waals surface area contributed by atoms with Gasteiger partial charge in [0.1, 0.15) is 11.6 Å². The number of amides is 2. The van der Waals surface area contributed by atoms with Gasteiger partial charge in [0.2, 0.25) is 0 Å². The second-order valence-electron chi connectivity index (χ2n) is 5.73. The molecule has 0 spiro atoms. The van der Waals surface area contributed by atoms with E-state index >= 15 is 0 Å². The second-order valence-corrected chi connectivity index (χ2v) is 6.14. The highest BCUT2D eigenvalue weighted by Crippen LogP contribution is 2.24. The smallest absolute Gasteiger partial charge is 0.256 e. The Hall–Kier alpha value is -2.60. The van der Waals surface area contributed by atoms with Gasteiger partial charge in [0.15, 0.2) is 0 Å². The van der Waals surface area contributed by atoms with E-state index in [1.807, 2.05) is 0 Å². The molecule has 0 aliphatic carbocycles. The topological polar surface area (TPSA) is 60.9 Å². The molecular weight excluding hydrogens is 347 g/mol. The maximum Gasteiger partial charge on any atom is 0.256 e. The van der Waals surface area contributed by atoms with Crippen LogP contribution in [0.5, 0.6) is 5.75 Å². The quantitative estimate of drug-likeness (QED) is 0.893. The SMILES string of the molecule is O=C(c1ccc(O)c(Cl)c1)N1CCN(C(=O)c2ccccc2F)CC1. The van der Waals surface area contributed by atoms with Gasteiger partial charge in [0.25, 0.3) is 11.8 Å². The molecule has 2 aromatic rings. The molecule has 0 aromatic heterocycles. The number of halogens is 2. The molecule has 1 aliphatic heterocycles. The summed E-state index contributed by atoms with van der Waals surface area (Å²) in [7, 11) is 0. The van der Waals surface area contributed by atoms with Crippen LogP contribution in [0.15, 0.2) is 42.5 Å². The minimum absolute atomic E-state index is 0.0348. The van der Waals surface area contributed by atoms with E-state index < -0.39 is 5.82 Å². The highest BCUT2D eigenvalue weighted by atomic mass is 35.5. The second kappa shape index (κ2) is 7.11. The average molecular weight is 363 g/mol. The summed E-state index contributed by atoms with van der Waals surface area (Å²) < 4.78 is 13.7. The van der Waals surface area contributed by atoms with E-state index in [2.05, 4.69) is 0 Å². The van der Waals surface area contributed by atoms with Gasteiger partial charge in [0, 0.05) is 31.7 Å². The van der Waals surface area contributed by atoms with Crippen LogP contribution in [0, 0.1) is 5.82 Å². The predicted molar refractivity (Wildman–Crippen MR) is 91.3 cm³/mol. The summed E-state index contributed by atoms with van der Waals surface area (Å²) in [6.07, 6.45) is 0. The van der Waals surface area contributed by atoms with Crippen molar-refractivity contribution in [2.75, 3.05) is 26.2 Å². The van der Waals surface area contributed by atoms with Gasteiger partial charge in [0.05, 0.1) is 10.6 Å². The van der Waals surface area contributed by atoms with Crippen molar-refractivity contribution in [1.29, 1.82) is 0 Å². The van der Waals surface area contributed by atoms with E-state index in [0.29, 0.717) is 31.7 Å². The third-order valence-corrected chi connectivity index (χ3v) is 4.46. The van der Waals surface area contributed by atoms with E-state index in [9.17, 15) is 19.1 Å². The molecule has 1 aliphatic rings. The van der Waals surface area contributed by atoms with Crippen molar-refractivity contribution >= 4 is 23.4 Å². The summed E-state index contributed by atoms with van der Waals surface area (Å²) in [6.45, 7) is 1.34. The Bertz CT molecular complexity index is 820. The zero-order valence-corrected chi connectivity index (χ0v) is 14.0. The zero-order chi connectivity index (χ0) is 18.0. The van der Waals surface area contributed by atoms with Crippen LogP contribution >= 0.6 is 11.6 Å². The first-order valence-corrected chi connectivity index (χ1v) is 8.17. The fourth-order valence-electron chi connectivity index (χ4n) is 2.74. The van der Waals surface area contributed by atoms with E-state index in [1.54, 1.807) is 11.0 Å². The fourth-order valence-corrected chi connectivity index (χ4v) is 2.92. The molecule has 130 valence electrons. The number of nitrogens with zero attached hydrogens (tertiary/aromatic N) is 2. The van der Waals surface area contributed by atoms with Crippen molar-refractivity contribution in [1.82, 2.24) is 9.80 Å². The summed E-state index contributed by atoms with van der Waals surface area (Å²) in [5, 5.41) is 9.54. The Morgan fingerprint density at radius 3 is 2.16 bits per heavy atom. The molecule has 0 atom stereocenters. The van der Waals surface area contributed by atoms with Gasteiger partial charge in [-0.1, -0.05) is 23.7 Å². The summed E-state index contributed by atoms with van der Waals surface area (Å²) >= 11 is 5.84. The number of aromatic hydroxyl groups is 1. The normalized spacial score (nSPS) is 14.5. The lowest BCUT2D eigenvalue weighted by Gasteiger charge is -2.35. The van der Waals surface area contributed by atoms with E-state index in [4.69, 9.17) is 11.6 Å². The Kier molecular flexibility index (Phi) is 4.90. The first-order chi connectivity index (χ1) is 12.0. The minimum atomic E-state index is -0.551. The molecule has 2 amide bonds. The number of benzene rings is 2. The molecule has 1 N–H and O–H groups in total. The van der Waals surface area contributed by atoms with Crippen LogP contribution in [-0.2, 0) is 0 Å². The lowest BCUT2D eigenvalue weighted by Crippen LogP contribution is -2.50. The van der Waals surface area contributed by atoms with Crippen LogP contribution < -0.4 is 0 Å². The third kappa shape index (κ3) is 3.58. The highest BCUT2D eigenvalue weighted by Gasteiger charge is 2.26. The van der Waals surface area contributed by atoms with E-state index in [-0.39, 0.29) is 28.1 Å². The summed E-state index contributed by atoms with van der Waals surface area (Å²) in [5.74, 6) is -1.24. The van der Waals surface area contributed by atoms with Gasteiger partial charge in [-0.05, 0) is 30.3 Å². The molecule has 0 bridgehead atoms. The van der Waals surface area contributed by atoms with Gasteiger partial charge >= 0.3 is 0 Å².